The summed E-state index contributed by atoms with van der Waals surface area (Å²) in [5.74, 6) is 0.451. The second kappa shape index (κ2) is 8.09. The van der Waals surface area contributed by atoms with E-state index in [0.717, 1.165) is 31.4 Å². The lowest BCUT2D eigenvalue weighted by atomic mass is 9.96. The number of thiazole rings is 1. The monoisotopic (exact) mass is 391 g/mol. The van der Waals surface area contributed by atoms with E-state index in [1.807, 2.05) is 19.1 Å². The molecule has 1 aliphatic heterocycles. The van der Waals surface area contributed by atoms with Crippen molar-refractivity contribution < 1.29 is 9.69 Å². The first kappa shape index (κ1) is 18.6. The van der Waals surface area contributed by atoms with Crippen molar-refractivity contribution in [2.45, 2.75) is 31.7 Å². The molecule has 3 aromatic rings. The topological polar surface area (TPSA) is 70.2 Å². The summed E-state index contributed by atoms with van der Waals surface area (Å²) in [7, 11) is 0. The predicted molar refractivity (Wildman–Crippen MR) is 112 cm³/mol. The summed E-state index contributed by atoms with van der Waals surface area (Å²) in [5, 5.41) is 13.3. The molecule has 1 amide bonds. The number of likely N-dealkylation sites (tertiary alicyclic amines) is 1. The van der Waals surface area contributed by atoms with Gasteiger partial charge in [-0.15, -0.1) is 11.3 Å². The van der Waals surface area contributed by atoms with Gasteiger partial charge in [-0.1, -0.05) is 24.3 Å². The van der Waals surface area contributed by atoms with Crippen LogP contribution in [-0.2, 0) is 4.79 Å². The highest BCUT2D eigenvalue weighted by atomic mass is 32.1. The molecule has 1 aliphatic rings. The molecule has 0 unspecified atom stereocenters. The van der Waals surface area contributed by atoms with E-state index in [4.69, 9.17) is 4.98 Å². The average molecular weight is 392 g/mol. The number of hydrogen-bond donors (Lipinski definition) is 2. The van der Waals surface area contributed by atoms with Crippen LogP contribution in [0, 0.1) is 11.3 Å². The maximum absolute atomic E-state index is 12.7. The van der Waals surface area contributed by atoms with Gasteiger partial charge in [-0.3, -0.25) is 4.79 Å². The third kappa shape index (κ3) is 3.77. The van der Waals surface area contributed by atoms with E-state index in [1.54, 1.807) is 29.5 Å². The molecule has 0 radical (unpaired) electrons. The fourth-order valence-corrected chi connectivity index (χ4v) is 4.99. The van der Waals surface area contributed by atoms with Gasteiger partial charge in [0.15, 0.2) is 6.04 Å². The molecule has 2 aromatic carbocycles. The molecule has 0 saturated carbocycles. The zero-order chi connectivity index (χ0) is 19.5. The molecule has 2 N–H and O–H groups in total. The number of nitrogens with zero attached hydrogens (tertiary/aromatic N) is 2. The Bertz CT molecular complexity index is 997. The number of carbonyl (C=O) groups is 1. The number of aromatic nitrogens is 1. The number of amides is 1. The molecular weight excluding hydrogens is 368 g/mol. The van der Waals surface area contributed by atoms with Gasteiger partial charge in [-0.25, -0.2) is 4.98 Å². The Labute approximate surface area is 168 Å². The Hall–Kier alpha value is -2.75. The smallest absolute Gasteiger partial charge is 0.282 e. The number of rotatable bonds is 4. The molecule has 2 heterocycles. The summed E-state index contributed by atoms with van der Waals surface area (Å²) >= 11 is 1.80. The number of nitriles is 1. The zero-order valence-corrected chi connectivity index (χ0v) is 16.6. The number of carbonyl (C=O) groups excluding carboxylic acids is 1. The van der Waals surface area contributed by atoms with Gasteiger partial charge in [-0.2, -0.15) is 5.26 Å². The van der Waals surface area contributed by atoms with Crippen molar-refractivity contribution in [2.24, 2.45) is 0 Å². The highest BCUT2D eigenvalue weighted by Gasteiger charge is 2.32. The third-order valence-electron chi connectivity index (χ3n) is 5.60. The maximum Gasteiger partial charge on any atom is 0.282 e. The lowest BCUT2D eigenvalue weighted by Gasteiger charge is -2.31. The first-order chi connectivity index (χ1) is 13.7. The summed E-state index contributed by atoms with van der Waals surface area (Å²) < 4.78 is 1.25. The standard InChI is InChI=1S/C22H22N4OS/c1-15(21(27)24-18-7-3-2-6-17(18)14-23)26-12-10-16(11-13-26)22-25-19-8-4-5-9-20(19)28-22/h2-9,15-16H,10-13H2,1H3,(H,24,27)/p+1/t15-/m0/s1. The van der Waals surface area contributed by atoms with E-state index in [9.17, 15) is 10.1 Å². The average Bonchev–Trinajstić information content (AvgIpc) is 3.18. The van der Waals surface area contributed by atoms with Crippen molar-refractivity contribution in [1.82, 2.24) is 4.98 Å². The third-order valence-corrected chi connectivity index (χ3v) is 6.80. The zero-order valence-electron chi connectivity index (χ0n) is 15.8. The number of nitrogens with one attached hydrogen (secondary N) is 2. The van der Waals surface area contributed by atoms with Gasteiger partial charge in [-0.05, 0) is 31.2 Å². The van der Waals surface area contributed by atoms with Crippen LogP contribution in [0.4, 0.5) is 5.69 Å². The van der Waals surface area contributed by atoms with Gasteiger partial charge in [0.1, 0.15) is 6.07 Å². The summed E-state index contributed by atoms with van der Waals surface area (Å²) in [4.78, 5) is 18.8. The Morgan fingerprint density at radius 1 is 1.21 bits per heavy atom. The molecule has 0 aliphatic carbocycles. The summed E-state index contributed by atoms with van der Waals surface area (Å²) in [5.41, 5.74) is 2.17. The van der Waals surface area contributed by atoms with Crippen LogP contribution < -0.4 is 10.2 Å². The van der Waals surface area contributed by atoms with E-state index in [1.165, 1.54) is 14.6 Å². The molecule has 142 valence electrons. The summed E-state index contributed by atoms with van der Waals surface area (Å²) in [6, 6.07) is 17.4. The van der Waals surface area contributed by atoms with Crippen molar-refractivity contribution in [2.75, 3.05) is 18.4 Å². The molecule has 4 rings (SSSR count). The molecule has 1 aromatic heterocycles. The Morgan fingerprint density at radius 2 is 1.93 bits per heavy atom. The minimum atomic E-state index is -0.150. The SMILES string of the molecule is C[C@@H](C(=O)Nc1ccccc1C#N)[NH+]1CCC(c2nc3ccccc3s2)CC1. The number of hydrogen-bond acceptors (Lipinski definition) is 4. The Kier molecular flexibility index (Phi) is 5.38. The first-order valence-corrected chi connectivity index (χ1v) is 10.5. The van der Waals surface area contributed by atoms with Crippen LogP contribution in [-0.4, -0.2) is 30.0 Å². The van der Waals surface area contributed by atoms with Gasteiger partial charge >= 0.3 is 0 Å². The largest absolute Gasteiger partial charge is 0.325 e. The predicted octanol–water partition coefficient (Wildman–Crippen LogP) is 2.96. The maximum atomic E-state index is 12.7. The molecule has 5 nitrogen and oxygen atoms in total. The van der Waals surface area contributed by atoms with E-state index in [0.29, 0.717) is 17.2 Å². The number of para-hydroxylation sites is 2. The highest BCUT2D eigenvalue weighted by Crippen LogP contribution is 2.31. The highest BCUT2D eigenvalue weighted by molar-refractivity contribution is 7.18. The van der Waals surface area contributed by atoms with Crippen LogP contribution in [0.3, 0.4) is 0 Å². The number of anilines is 1. The lowest BCUT2D eigenvalue weighted by molar-refractivity contribution is -0.919. The molecule has 1 fully saturated rings. The normalized spacial score (nSPS) is 20.4. The first-order valence-electron chi connectivity index (χ1n) is 9.65. The van der Waals surface area contributed by atoms with Crippen molar-refractivity contribution in [1.29, 1.82) is 5.26 Å². The van der Waals surface area contributed by atoms with Gasteiger partial charge < -0.3 is 10.2 Å². The molecule has 0 bridgehead atoms. The van der Waals surface area contributed by atoms with Gasteiger partial charge in [0, 0.05) is 18.8 Å². The molecule has 1 atom stereocenters. The minimum absolute atomic E-state index is 0.0314. The molecular formula is C22H23N4OS+. The van der Waals surface area contributed by atoms with Crippen LogP contribution in [0.25, 0.3) is 10.2 Å². The van der Waals surface area contributed by atoms with Crippen LogP contribution in [0.1, 0.15) is 36.3 Å². The number of benzene rings is 2. The molecule has 1 saturated heterocycles. The number of piperidine rings is 1. The van der Waals surface area contributed by atoms with Gasteiger partial charge in [0.25, 0.3) is 5.91 Å². The number of fused-ring (bicyclic) bond motifs is 1. The van der Waals surface area contributed by atoms with Crippen LogP contribution in [0.5, 0.6) is 0 Å². The van der Waals surface area contributed by atoms with E-state index < -0.39 is 0 Å². The minimum Gasteiger partial charge on any atom is -0.325 e. The summed E-state index contributed by atoms with van der Waals surface area (Å²) in [6.07, 6.45) is 2.09. The summed E-state index contributed by atoms with van der Waals surface area (Å²) in [6.45, 7) is 3.88. The second-order valence-electron chi connectivity index (χ2n) is 7.32. The fourth-order valence-electron chi connectivity index (χ4n) is 3.85. The van der Waals surface area contributed by atoms with Crippen molar-refractivity contribution in [3.8, 4) is 6.07 Å². The Morgan fingerprint density at radius 3 is 2.68 bits per heavy atom. The lowest BCUT2D eigenvalue weighted by Crippen LogP contribution is -3.17. The second-order valence-corrected chi connectivity index (χ2v) is 8.38. The van der Waals surface area contributed by atoms with Gasteiger partial charge in [0.05, 0.1) is 39.6 Å². The van der Waals surface area contributed by atoms with Crippen molar-refractivity contribution in [3.05, 3.63) is 59.1 Å². The quantitative estimate of drug-likeness (QED) is 0.718. The molecule has 28 heavy (non-hydrogen) atoms. The molecule has 0 spiro atoms. The van der Waals surface area contributed by atoms with Crippen LogP contribution in [0.2, 0.25) is 0 Å². The van der Waals surface area contributed by atoms with E-state index in [-0.39, 0.29) is 11.9 Å². The van der Waals surface area contributed by atoms with Crippen molar-refractivity contribution >= 4 is 33.1 Å². The van der Waals surface area contributed by atoms with Crippen LogP contribution in [0.15, 0.2) is 48.5 Å². The van der Waals surface area contributed by atoms with E-state index >= 15 is 0 Å². The Balaban J connectivity index is 1.37. The molecule has 6 heteroatoms. The van der Waals surface area contributed by atoms with Crippen LogP contribution >= 0.6 is 11.3 Å². The van der Waals surface area contributed by atoms with Crippen molar-refractivity contribution in [3.63, 3.8) is 0 Å². The number of quaternary nitrogens is 1. The fraction of sp³-hybridized carbons (Fsp3) is 0.318. The van der Waals surface area contributed by atoms with E-state index in [2.05, 4.69) is 29.6 Å². The van der Waals surface area contributed by atoms with Gasteiger partial charge in [0.2, 0.25) is 0 Å².